The first-order chi connectivity index (χ1) is 8.81. The molecule has 1 aromatic rings. The molecule has 0 spiro atoms. The second-order valence-corrected chi connectivity index (χ2v) is 4.66. The lowest BCUT2D eigenvalue weighted by Crippen LogP contribution is -2.18. The predicted molar refractivity (Wildman–Crippen MR) is 77.2 cm³/mol. The quantitative estimate of drug-likeness (QED) is 0.776. The number of nitrogens with one attached hydrogen (secondary N) is 1. The Morgan fingerprint density at radius 2 is 2.33 bits per heavy atom. The monoisotopic (exact) mass is 246 g/mol. The van der Waals surface area contributed by atoms with E-state index in [0.29, 0.717) is 0 Å². The van der Waals surface area contributed by atoms with Crippen molar-refractivity contribution in [2.45, 2.75) is 6.42 Å². The van der Waals surface area contributed by atoms with Crippen molar-refractivity contribution in [2.24, 2.45) is 0 Å². The lowest BCUT2D eigenvalue weighted by Gasteiger charge is -2.11. The first-order valence-corrected chi connectivity index (χ1v) is 6.51. The van der Waals surface area contributed by atoms with Crippen molar-refractivity contribution in [1.29, 1.82) is 0 Å². The first-order valence-electron chi connectivity index (χ1n) is 6.51. The number of anilines is 1. The van der Waals surface area contributed by atoms with E-state index in [0.717, 1.165) is 26.2 Å². The maximum absolute atomic E-state index is 4.98. The second kappa shape index (κ2) is 6.57. The molecule has 0 aliphatic carbocycles. The number of nitrogens with zero attached hydrogens (tertiary/aromatic N) is 1. The van der Waals surface area contributed by atoms with Crippen molar-refractivity contribution in [3.05, 3.63) is 35.4 Å². The van der Waals surface area contributed by atoms with Crippen molar-refractivity contribution in [2.75, 3.05) is 45.3 Å². The molecule has 1 heterocycles. The normalized spacial score (nSPS) is 14.4. The fraction of sp³-hybridized carbons (Fsp3) is 0.467. The highest BCUT2D eigenvalue weighted by molar-refractivity contribution is 5.63. The Kier molecular flexibility index (Phi) is 4.79. The maximum atomic E-state index is 4.98. The minimum absolute atomic E-state index is 0.763. The summed E-state index contributed by atoms with van der Waals surface area (Å²) in [6, 6.07) is 6.71. The molecule has 1 aliphatic rings. The zero-order chi connectivity index (χ0) is 12.8. The highest BCUT2D eigenvalue weighted by Gasteiger charge is 2.14. The summed E-state index contributed by atoms with van der Waals surface area (Å²) < 4.78 is 4.98. The Bertz CT molecular complexity index is 415. The van der Waals surface area contributed by atoms with Gasteiger partial charge in [0.1, 0.15) is 0 Å². The van der Waals surface area contributed by atoms with Crippen LogP contribution >= 0.6 is 0 Å². The number of methoxy groups -OCH3 is 1. The van der Waals surface area contributed by atoms with Crippen LogP contribution in [-0.4, -0.2) is 40.4 Å². The van der Waals surface area contributed by atoms with Gasteiger partial charge in [-0.3, -0.25) is 0 Å². The number of likely N-dealkylation sites (N-methyl/N-ethyl adjacent to an activating group) is 1. The largest absolute Gasteiger partial charge is 0.383 e. The van der Waals surface area contributed by atoms with Gasteiger partial charge in [-0.2, -0.15) is 0 Å². The van der Waals surface area contributed by atoms with Crippen LogP contribution in [0, 0.1) is 0 Å². The molecule has 1 aromatic carbocycles. The lowest BCUT2D eigenvalue weighted by molar-refractivity contribution is 0.200. The highest BCUT2D eigenvalue weighted by Crippen LogP contribution is 2.27. The molecule has 0 radical (unpaired) electrons. The summed E-state index contributed by atoms with van der Waals surface area (Å²) in [5, 5.41) is 3.30. The minimum Gasteiger partial charge on any atom is -0.383 e. The Morgan fingerprint density at radius 3 is 3.17 bits per heavy atom. The highest BCUT2D eigenvalue weighted by atomic mass is 16.5. The summed E-state index contributed by atoms with van der Waals surface area (Å²) >= 11 is 0. The van der Waals surface area contributed by atoms with Gasteiger partial charge in [-0.05, 0) is 29.7 Å². The molecule has 3 nitrogen and oxygen atoms in total. The third-order valence-electron chi connectivity index (χ3n) is 3.29. The van der Waals surface area contributed by atoms with Crippen LogP contribution in [0.1, 0.15) is 11.1 Å². The fourth-order valence-corrected chi connectivity index (χ4v) is 2.24. The summed E-state index contributed by atoms with van der Waals surface area (Å²) in [7, 11) is 3.88. The molecular weight excluding hydrogens is 224 g/mol. The van der Waals surface area contributed by atoms with Crippen molar-refractivity contribution in [1.82, 2.24) is 5.32 Å². The molecule has 0 saturated heterocycles. The molecule has 3 heteroatoms. The molecule has 0 saturated carbocycles. The number of hydrogen-bond acceptors (Lipinski definition) is 3. The predicted octanol–water partition coefficient (Wildman–Crippen LogP) is 1.93. The number of fused-ring (bicyclic) bond motifs is 1. The molecule has 0 fully saturated rings. The molecule has 2 rings (SSSR count). The zero-order valence-electron chi connectivity index (χ0n) is 11.3. The molecule has 0 atom stereocenters. The van der Waals surface area contributed by atoms with E-state index in [4.69, 9.17) is 4.74 Å². The average Bonchev–Trinajstić information content (AvgIpc) is 2.75. The molecular formula is C15H22N2O. The number of benzene rings is 1. The fourth-order valence-electron chi connectivity index (χ4n) is 2.24. The van der Waals surface area contributed by atoms with E-state index in [-0.39, 0.29) is 0 Å². The molecule has 98 valence electrons. The van der Waals surface area contributed by atoms with Gasteiger partial charge < -0.3 is 15.0 Å². The van der Waals surface area contributed by atoms with Gasteiger partial charge in [0.2, 0.25) is 0 Å². The van der Waals surface area contributed by atoms with E-state index in [1.165, 1.54) is 23.2 Å². The van der Waals surface area contributed by atoms with Gasteiger partial charge in [0.15, 0.2) is 0 Å². The van der Waals surface area contributed by atoms with Crippen molar-refractivity contribution >= 4 is 11.8 Å². The third kappa shape index (κ3) is 3.34. The SMILES string of the molecule is COCCNCC=Cc1ccc2c(c1)CCN2C. The van der Waals surface area contributed by atoms with Gasteiger partial charge in [-0.1, -0.05) is 18.2 Å². The van der Waals surface area contributed by atoms with Crippen LogP contribution in [0.5, 0.6) is 0 Å². The second-order valence-electron chi connectivity index (χ2n) is 4.66. The molecule has 1 N–H and O–H groups in total. The summed E-state index contributed by atoms with van der Waals surface area (Å²) in [6.45, 7) is 3.69. The van der Waals surface area contributed by atoms with Crippen LogP contribution in [0.25, 0.3) is 6.08 Å². The summed E-state index contributed by atoms with van der Waals surface area (Å²) in [5.74, 6) is 0. The van der Waals surface area contributed by atoms with Crippen molar-refractivity contribution < 1.29 is 4.74 Å². The van der Waals surface area contributed by atoms with Gasteiger partial charge in [0, 0.05) is 39.5 Å². The summed E-state index contributed by atoms with van der Waals surface area (Å²) in [4.78, 5) is 2.31. The molecule has 0 unspecified atom stereocenters. The summed E-state index contributed by atoms with van der Waals surface area (Å²) in [5.41, 5.74) is 4.13. The summed E-state index contributed by atoms with van der Waals surface area (Å²) in [6.07, 6.45) is 5.51. The number of hydrogen-bond donors (Lipinski definition) is 1. The van der Waals surface area contributed by atoms with Crippen LogP contribution < -0.4 is 10.2 Å². The van der Waals surface area contributed by atoms with E-state index in [9.17, 15) is 0 Å². The van der Waals surface area contributed by atoms with Gasteiger partial charge >= 0.3 is 0 Å². The minimum atomic E-state index is 0.763. The maximum Gasteiger partial charge on any atom is 0.0587 e. The topological polar surface area (TPSA) is 24.5 Å². The van der Waals surface area contributed by atoms with Gasteiger partial charge in [0.05, 0.1) is 6.61 Å². The molecule has 1 aliphatic heterocycles. The average molecular weight is 246 g/mol. The van der Waals surface area contributed by atoms with Crippen molar-refractivity contribution in [3.8, 4) is 0 Å². The van der Waals surface area contributed by atoms with Gasteiger partial charge in [0.25, 0.3) is 0 Å². The van der Waals surface area contributed by atoms with Crippen molar-refractivity contribution in [3.63, 3.8) is 0 Å². The van der Waals surface area contributed by atoms with E-state index < -0.39 is 0 Å². The zero-order valence-corrected chi connectivity index (χ0v) is 11.3. The third-order valence-corrected chi connectivity index (χ3v) is 3.29. The van der Waals surface area contributed by atoms with Crippen LogP contribution in [0.15, 0.2) is 24.3 Å². The number of rotatable bonds is 6. The Hall–Kier alpha value is -1.32. The standard InChI is InChI=1S/C15H22N2O/c1-17-10-7-14-12-13(5-6-15(14)17)4-3-8-16-9-11-18-2/h3-6,12,16H,7-11H2,1-2H3. The van der Waals surface area contributed by atoms with Crippen LogP contribution in [0.3, 0.4) is 0 Å². The van der Waals surface area contributed by atoms with E-state index in [1.807, 2.05) is 0 Å². The van der Waals surface area contributed by atoms with Crippen LogP contribution in [0.4, 0.5) is 5.69 Å². The van der Waals surface area contributed by atoms with Gasteiger partial charge in [-0.25, -0.2) is 0 Å². The number of ether oxygens (including phenoxy) is 1. The smallest absolute Gasteiger partial charge is 0.0587 e. The van der Waals surface area contributed by atoms with Crippen LogP contribution in [0.2, 0.25) is 0 Å². The molecule has 0 aromatic heterocycles. The molecule has 18 heavy (non-hydrogen) atoms. The lowest BCUT2D eigenvalue weighted by atomic mass is 10.1. The Labute approximate surface area is 109 Å². The Balaban J connectivity index is 1.85. The van der Waals surface area contributed by atoms with E-state index in [2.05, 4.69) is 47.6 Å². The Morgan fingerprint density at radius 1 is 1.44 bits per heavy atom. The molecule has 0 amide bonds. The first kappa shape index (κ1) is 13.1. The van der Waals surface area contributed by atoms with E-state index >= 15 is 0 Å². The molecule has 0 bridgehead atoms. The van der Waals surface area contributed by atoms with Crippen LogP contribution in [-0.2, 0) is 11.2 Å². The van der Waals surface area contributed by atoms with Gasteiger partial charge in [-0.15, -0.1) is 0 Å². The van der Waals surface area contributed by atoms with E-state index in [1.54, 1.807) is 7.11 Å².